The molecule has 1 saturated heterocycles. The van der Waals surface area contributed by atoms with Crippen LogP contribution in [0.5, 0.6) is 0 Å². The summed E-state index contributed by atoms with van der Waals surface area (Å²) >= 11 is 0. The molecule has 1 amide bonds. The summed E-state index contributed by atoms with van der Waals surface area (Å²) in [5.74, 6) is -0.982. The summed E-state index contributed by atoms with van der Waals surface area (Å²) in [5.41, 5.74) is 2.01. The van der Waals surface area contributed by atoms with E-state index >= 15 is 0 Å². The quantitative estimate of drug-likeness (QED) is 0.829. The van der Waals surface area contributed by atoms with Gasteiger partial charge in [0.05, 0.1) is 6.04 Å². The van der Waals surface area contributed by atoms with Crippen LogP contribution in [-0.4, -0.2) is 34.2 Å². The van der Waals surface area contributed by atoms with Gasteiger partial charge in [0.15, 0.2) is 6.04 Å². The van der Waals surface area contributed by atoms with Gasteiger partial charge in [-0.1, -0.05) is 60.7 Å². The molecule has 0 bridgehead atoms. The van der Waals surface area contributed by atoms with Crippen LogP contribution in [0.2, 0.25) is 0 Å². The van der Waals surface area contributed by atoms with Crippen LogP contribution in [-0.2, 0) is 22.6 Å². The first-order valence-corrected chi connectivity index (χ1v) is 7.92. The highest BCUT2D eigenvalue weighted by Gasteiger charge is 2.56. The maximum atomic E-state index is 12.2. The van der Waals surface area contributed by atoms with E-state index < -0.39 is 18.1 Å². The van der Waals surface area contributed by atoms with Gasteiger partial charge in [0, 0.05) is 0 Å². The first-order chi connectivity index (χ1) is 11.7. The van der Waals surface area contributed by atoms with E-state index in [0.29, 0.717) is 6.42 Å². The lowest BCUT2D eigenvalue weighted by Gasteiger charge is -2.07. The van der Waals surface area contributed by atoms with E-state index in [9.17, 15) is 14.7 Å². The Morgan fingerprint density at radius 3 is 2.12 bits per heavy atom. The molecule has 0 aliphatic carbocycles. The van der Waals surface area contributed by atoms with E-state index in [0.717, 1.165) is 17.5 Å². The molecule has 5 nitrogen and oxygen atoms in total. The first kappa shape index (κ1) is 16.1. The maximum absolute atomic E-state index is 12.2. The Kier molecular flexibility index (Phi) is 4.79. The van der Waals surface area contributed by atoms with Crippen molar-refractivity contribution in [1.82, 2.24) is 4.90 Å². The molecule has 1 N–H and O–H groups in total. The molecule has 0 radical (unpaired) electrons. The molecule has 24 heavy (non-hydrogen) atoms. The summed E-state index contributed by atoms with van der Waals surface area (Å²) in [6.45, 7) is 0.147. The standard InChI is InChI=1S/C19H19NO4/c21-18(22)17-16(12-11-14-7-3-1-4-8-14)20(17)19(23)24-13-15-9-5-2-6-10-15/h1-10,16-17H,11-13H2,(H,21,22)/t16-,17-,20?/m0/s1. The second kappa shape index (κ2) is 7.17. The van der Waals surface area contributed by atoms with Crippen LogP contribution in [0.25, 0.3) is 0 Å². The van der Waals surface area contributed by atoms with Crippen molar-refractivity contribution >= 4 is 12.1 Å². The molecule has 1 aliphatic heterocycles. The molecule has 0 aromatic heterocycles. The molecule has 0 saturated carbocycles. The zero-order valence-electron chi connectivity index (χ0n) is 13.2. The van der Waals surface area contributed by atoms with E-state index in [-0.39, 0.29) is 12.6 Å². The number of nitrogens with zero attached hydrogens (tertiary/aromatic N) is 1. The van der Waals surface area contributed by atoms with Crippen LogP contribution in [0.15, 0.2) is 60.7 Å². The van der Waals surface area contributed by atoms with Crippen molar-refractivity contribution in [2.75, 3.05) is 0 Å². The number of carbonyl (C=O) groups is 2. The monoisotopic (exact) mass is 325 g/mol. The smallest absolute Gasteiger partial charge is 0.411 e. The lowest BCUT2D eigenvalue weighted by Crippen LogP contribution is -2.19. The molecule has 0 unspecified atom stereocenters. The van der Waals surface area contributed by atoms with Gasteiger partial charge in [-0.05, 0) is 24.0 Å². The molecular weight excluding hydrogens is 306 g/mol. The van der Waals surface area contributed by atoms with Gasteiger partial charge >= 0.3 is 12.1 Å². The van der Waals surface area contributed by atoms with E-state index in [1.165, 1.54) is 4.90 Å². The van der Waals surface area contributed by atoms with Crippen molar-refractivity contribution < 1.29 is 19.4 Å². The minimum Gasteiger partial charge on any atom is -0.480 e. The third kappa shape index (κ3) is 3.74. The zero-order valence-corrected chi connectivity index (χ0v) is 13.2. The van der Waals surface area contributed by atoms with Crippen LogP contribution < -0.4 is 0 Å². The molecule has 1 fully saturated rings. The fraction of sp³-hybridized carbons (Fsp3) is 0.263. The topological polar surface area (TPSA) is 66.6 Å². The van der Waals surface area contributed by atoms with E-state index in [1.54, 1.807) is 0 Å². The van der Waals surface area contributed by atoms with Crippen molar-refractivity contribution in [2.24, 2.45) is 0 Å². The SMILES string of the molecule is O=C(O)[C@@H]1[C@H](CCc2ccccc2)N1C(=O)OCc1ccccc1. The highest BCUT2D eigenvalue weighted by molar-refractivity contribution is 5.87. The van der Waals surface area contributed by atoms with Gasteiger partial charge in [-0.2, -0.15) is 0 Å². The summed E-state index contributed by atoms with van der Waals surface area (Å²) in [6, 6.07) is 18.1. The van der Waals surface area contributed by atoms with Crippen LogP contribution in [0.1, 0.15) is 17.5 Å². The number of carbonyl (C=O) groups excluding carboxylic acids is 1. The number of aliphatic carboxylic acids is 1. The molecular formula is C19H19NO4. The van der Waals surface area contributed by atoms with Crippen molar-refractivity contribution in [3.05, 3.63) is 71.8 Å². The summed E-state index contributed by atoms with van der Waals surface area (Å²) in [6.07, 6.45) is 0.781. The van der Waals surface area contributed by atoms with Crippen molar-refractivity contribution in [2.45, 2.75) is 31.5 Å². The average molecular weight is 325 g/mol. The number of hydrogen-bond acceptors (Lipinski definition) is 3. The third-order valence-corrected chi connectivity index (χ3v) is 4.17. The van der Waals surface area contributed by atoms with E-state index in [1.807, 2.05) is 60.7 Å². The second-order valence-corrected chi connectivity index (χ2v) is 5.82. The van der Waals surface area contributed by atoms with Gasteiger partial charge < -0.3 is 9.84 Å². The Labute approximate surface area is 140 Å². The van der Waals surface area contributed by atoms with Crippen LogP contribution in [0, 0.1) is 0 Å². The third-order valence-electron chi connectivity index (χ3n) is 4.17. The Morgan fingerprint density at radius 1 is 0.958 bits per heavy atom. The number of hydrogen-bond donors (Lipinski definition) is 1. The normalized spacial score (nSPS) is 18.9. The molecule has 0 spiro atoms. The molecule has 3 rings (SSSR count). The Hall–Kier alpha value is -2.82. The summed E-state index contributed by atoms with van der Waals surface area (Å²) in [5, 5.41) is 9.28. The van der Waals surface area contributed by atoms with Gasteiger partial charge in [0.2, 0.25) is 0 Å². The molecule has 1 aliphatic rings. The fourth-order valence-electron chi connectivity index (χ4n) is 2.86. The second-order valence-electron chi connectivity index (χ2n) is 5.82. The number of carboxylic acids is 1. The number of rotatable bonds is 6. The number of carboxylic acid groups (broad SMARTS) is 1. The molecule has 5 heteroatoms. The predicted octanol–water partition coefficient (Wildman–Crippen LogP) is 3.09. The van der Waals surface area contributed by atoms with Crippen LogP contribution in [0.3, 0.4) is 0 Å². The zero-order chi connectivity index (χ0) is 16.9. The van der Waals surface area contributed by atoms with Gasteiger partial charge in [-0.3, -0.25) is 4.90 Å². The number of amides is 1. The number of aryl methyl sites for hydroxylation is 1. The molecule has 2 aromatic carbocycles. The van der Waals surface area contributed by atoms with E-state index in [4.69, 9.17) is 4.74 Å². The van der Waals surface area contributed by atoms with Crippen molar-refractivity contribution in [3.8, 4) is 0 Å². The Bertz CT molecular complexity index is 702. The minimum absolute atomic E-state index is 0.147. The van der Waals surface area contributed by atoms with Gasteiger partial charge in [-0.15, -0.1) is 0 Å². The molecule has 2 aromatic rings. The number of benzene rings is 2. The van der Waals surface area contributed by atoms with Crippen molar-refractivity contribution in [1.29, 1.82) is 0 Å². The summed E-state index contributed by atoms with van der Waals surface area (Å²) in [7, 11) is 0. The largest absolute Gasteiger partial charge is 0.480 e. The van der Waals surface area contributed by atoms with Gasteiger partial charge in [-0.25, -0.2) is 9.59 Å². The van der Waals surface area contributed by atoms with Gasteiger partial charge in [0.1, 0.15) is 6.61 Å². The highest BCUT2D eigenvalue weighted by Crippen LogP contribution is 2.33. The maximum Gasteiger partial charge on any atom is 0.411 e. The molecule has 1 heterocycles. The Balaban J connectivity index is 1.55. The highest BCUT2D eigenvalue weighted by atomic mass is 16.6. The average Bonchev–Trinajstić information content (AvgIpc) is 3.34. The van der Waals surface area contributed by atoms with Crippen LogP contribution >= 0.6 is 0 Å². The van der Waals surface area contributed by atoms with Crippen LogP contribution in [0.4, 0.5) is 4.79 Å². The lowest BCUT2D eigenvalue weighted by molar-refractivity contribution is -0.137. The van der Waals surface area contributed by atoms with Gasteiger partial charge in [0.25, 0.3) is 0 Å². The summed E-state index contributed by atoms with van der Waals surface area (Å²) < 4.78 is 5.24. The lowest BCUT2D eigenvalue weighted by atomic mass is 10.1. The predicted molar refractivity (Wildman–Crippen MR) is 88.4 cm³/mol. The molecule has 2 atom stereocenters. The summed E-state index contributed by atoms with van der Waals surface area (Å²) in [4.78, 5) is 24.8. The minimum atomic E-state index is -0.982. The Morgan fingerprint density at radius 2 is 1.54 bits per heavy atom. The first-order valence-electron chi connectivity index (χ1n) is 7.92. The van der Waals surface area contributed by atoms with E-state index in [2.05, 4.69) is 0 Å². The fourth-order valence-corrected chi connectivity index (χ4v) is 2.86. The number of ether oxygens (including phenoxy) is 1. The van der Waals surface area contributed by atoms with Crippen molar-refractivity contribution in [3.63, 3.8) is 0 Å². The molecule has 124 valence electrons.